The molecule has 0 aromatic heterocycles. The van der Waals surface area contributed by atoms with Crippen LogP contribution in [-0.4, -0.2) is 19.5 Å². The molecule has 2 rings (SSSR count). The van der Waals surface area contributed by atoms with Gasteiger partial charge in [-0.15, -0.1) is 4.36 Å². The molecular weight excluding hydrogens is 406 g/mol. The van der Waals surface area contributed by atoms with Crippen LogP contribution in [-0.2, 0) is 17.1 Å². The average molecular weight is 426 g/mol. The molecule has 2 aromatic carbocycles. The maximum atomic E-state index is 11.7. The summed E-state index contributed by atoms with van der Waals surface area (Å²) in [6.07, 6.45) is 1.25. The third kappa shape index (κ3) is 7.62. The lowest BCUT2D eigenvalue weighted by molar-refractivity contribution is 0.102. The van der Waals surface area contributed by atoms with Crippen LogP contribution in [0.4, 0.5) is 5.69 Å². The fraction of sp³-hybridized carbons (Fsp3) is 0.278. The molecule has 0 aliphatic carbocycles. The summed E-state index contributed by atoms with van der Waals surface area (Å²) in [6.45, 7) is 4.53. The third-order valence-electron chi connectivity index (χ3n) is 2.81. The van der Waals surface area contributed by atoms with Crippen LogP contribution in [0.5, 0.6) is 5.75 Å². The Balaban J connectivity index is 0.000000970. The van der Waals surface area contributed by atoms with Crippen molar-refractivity contribution in [3.05, 3.63) is 59.7 Å². The van der Waals surface area contributed by atoms with Gasteiger partial charge in [0.1, 0.15) is 18.0 Å². The van der Waals surface area contributed by atoms with E-state index in [9.17, 15) is 13.2 Å². The number of ketones is 1. The van der Waals surface area contributed by atoms with E-state index in [0.29, 0.717) is 11.3 Å². The SMILES string of the molecule is CCC.O=C(CBr)c1ccc(OCc2ccccc2)c(N=S(=O)=O)c1. The third-order valence-corrected chi connectivity index (χ3v) is 3.67. The van der Waals surface area contributed by atoms with Crippen LogP contribution in [0.15, 0.2) is 52.9 Å². The first-order valence-corrected chi connectivity index (χ1v) is 9.88. The zero-order valence-electron chi connectivity index (χ0n) is 14.1. The molecule has 0 saturated carbocycles. The van der Waals surface area contributed by atoms with E-state index in [-0.39, 0.29) is 23.4 Å². The minimum absolute atomic E-state index is 0.107. The number of hydrogen-bond donors (Lipinski definition) is 0. The van der Waals surface area contributed by atoms with Gasteiger partial charge in [-0.2, -0.15) is 8.42 Å². The van der Waals surface area contributed by atoms with Gasteiger partial charge in [-0.05, 0) is 23.8 Å². The van der Waals surface area contributed by atoms with E-state index in [0.717, 1.165) is 5.56 Å². The summed E-state index contributed by atoms with van der Waals surface area (Å²) >= 11 is 3.07. The Labute approximate surface area is 157 Å². The van der Waals surface area contributed by atoms with Gasteiger partial charge in [0.25, 0.3) is 0 Å². The molecule has 0 atom stereocenters. The molecule has 0 spiro atoms. The molecule has 0 unspecified atom stereocenters. The molecule has 0 N–H and O–H groups in total. The van der Waals surface area contributed by atoms with E-state index < -0.39 is 10.5 Å². The number of Topliss-reactive ketones (excluding diaryl/α,β-unsaturated/α-hetero) is 1. The van der Waals surface area contributed by atoms with E-state index in [1.54, 1.807) is 12.1 Å². The number of halogens is 1. The lowest BCUT2D eigenvalue weighted by atomic mass is 10.1. The molecule has 0 bridgehead atoms. The number of carbonyl (C=O) groups is 1. The summed E-state index contributed by atoms with van der Waals surface area (Å²) in [5.74, 6) is 0.141. The number of hydrogen-bond acceptors (Lipinski definition) is 5. The van der Waals surface area contributed by atoms with E-state index >= 15 is 0 Å². The summed E-state index contributed by atoms with van der Waals surface area (Å²) in [4.78, 5) is 11.7. The molecule has 5 nitrogen and oxygen atoms in total. The normalized spacial score (nSPS) is 9.56. The van der Waals surface area contributed by atoms with E-state index in [1.165, 1.54) is 12.5 Å². The van der Waals surface area contributed by atoms with Crippen molar-refractivity contribution in [1.29, 1.82) is 0 Å². The minimum Gasteiger partial charge on any atom is -0.487 e. The van der Waals surface area contributed by atoms with Crippen LogP contribution in [0.2, 0.25) is 0 Å². The van der Waals surface area contributed by atoms with Crippen molar-refractivity contribution in [3.63, 3.8) is 0 Å². The fourth-order valence-electron chi connectivity index (χ4n) is 1.78. The average Bonchev–Trinajstić information content (AvgIpc) is 2.61. The molecule has 0 aliphatic heterocycles. The lowest BCUT2D eigenvalue weighted by Crippen LogP contribution is -2.01. The van der Waals surface area contributed by atoms with Gasteiger partial charge in [0.05, 0.1) is 5.33 Å². The second-order valence-corrected chi connectivity index (χ2v) is 6.21. The smallest absolute Gasteiger partial charge is 0.316 e. The number of benzene rings is 2. The Morgan fingerprint density at radius 1 is 1.12 bits per heavy atom. The van der Waals surface area contributed by atoms with Gasteiger partial charge in [-0.25, -0.2) is 0 Å². The highest BCUT2D eigenvalue weighted by molar-refractivity contribution is 9.09. The first-order chi connectivity index (χ1) is 12.0. The summed E-state index contributed by atoms with van der Waals surface area (Å²) in [6, 6.07) is 14.0. The lowest BCUT2D eigenvalue weighted by Gasteiger charge is -2.09. The van der Waals surface area contributed by atoms with Gasteiger partial charge >= 0.3 is 10.5 Å². The largest absolute Gasteiger partial charge is 0.487 e. The Morgan fingerprint density at radius 3 is 2.32 bits per heavy atom. The first-order valence-electron chi connectivity index (χ1n) is 7.72. The standard InChI is InChI=1S/C15H12BrNO4S.C3H8/c16-9-14(18)12-6-7-15(13(8-12)17-22(19)20)21-10-11-4-2-1-3-5-11;1-3-2/h1-8H,9-10H2;3H2,1-2H3. The van der Waals surface area contributed by atoms with Crippen molar-refractivity contribution >= 4 is 37.9 Å². The molecule has 7 heteroatoms. The highest BCUT2D eigenvalue weighted by Crippen LogP contribution is 2.29. The first kappa shape index (κ1) is 21.1. The molecule has 25 heavy (non-hydrogen) atoms. The van der Waals surface area contributed by atoms with Crippen LogP contribution >= 0.6 is 15.9 Å². The van der Waals surface area contributed by atoms with Gasteiger partial charge < -0.3 is 4.74 Å². The summed E-state index contributed by atoms with van der Waals surface area (Å²) < 4.78 is 30.7. The van der Waals surface area contributed by atoms with Gasteiger partial charge in [-0.3, -0.25) is 4.79 Å². The number of rotatable bonds is 6. The molecule has 0 saturated heterocycles. The maximum absolute atomic E-state index is 11.7. The number of carbonyl (C=O) groups excluding carboxylic acids is 1. The van der Waals surface area contributed by atoms with Crippen LogP contribution in [0.3, 0.4) is 0 Å². The minimum atomic E-state index is -2.63. The van der Waals surface area contributed by atoms with Crippen LogP contribution in [0.25, 0.3) is 0 Å². The summed E-state index contributed by atoms with van der Waals surface area (Å²) in [5, 5.41) is 0.150. The topological polar surface area (TPSA) is 72.8 Å². The van der Waals surface area contributed by atoms with Crippen molar-refractivity contribution < 1.29 is 17.9 Å². The molecule has 134 valence electrons. The predicted octanol–water partition coefficient (Wildman–Crippen LogP) is 4.95. The number of ether oxygens (including phenoxy) is 1. The van der Waals surface area contributed by atoms with Gasteiger partial charge in [0.2, 0.25) is 0 Å². The second-order valence-electron chi connectivity index (χ2n) is 5.03. The molecule has 0 heterocycles. The Bertz CT molecular complexity index is 812. The maximum Gasteiger partial charge on any atom is 0.316 e. The molecule has 0 radical (unpaired) electrons. The van der Waals surface area contributed by atoms with Gasteiger partial charge in [-0.1, -0.05) is 66.5 Å². The quantitative estimate of drug-likeness (QED) is 0.484. The number of nitrogens with zero attached hydrogens (tertiary/aromatic N) is 1. The van der Waals surface area contributed by atoms with E-state index in [4.69, 9.17) is 4.74 Å². The van der Waals surface area contributed by atoms with Crippen molar-refractivity contribution in [2.45, 2.75) is 26.9 Å². The monoisotopic (exact) mass is 425 g/mol. The van der Waals surface area contributed by atoms with Crippen molar-refractivity contribution in [2.75, 3.05) is 5.33 Å². The van der Waals surface area contributed by atoms with Crippen molar-refractivity contribution in [2.24, 2.45) is 4.36 Å². The second kappa shape index (κ2) is 11.5. The zero-order valence-corrected chi connectivity index (χ0v) is 16.5. The Hall–Kier alpha value is -1.99. The van der Waals surface area contributed by atoms with Gasteiger partial charge in [0, 0.05) is 5.56 Å². The van der Waals surface area contributed by atoms with Crippen LogP contribution in [0, 0.1) is 0 Å². The molecule has 0 fully saturated rings. The Kier molecular flexibility index (Phi) is 9.72. The molecule has 0 aliphatic rings. The van der Waals surface area contributed by atoms with Crippen molar-refractivity contribution in [3.8, 4) is 5.75 Å². The van der Waals surface area contributed by atoms with Crippen LogP contribution < -0.4 is 4.74 Å². The highest BCUT2D eigenvalue weighted by atomic mass is 79.9. The molecule has 2 aromatic rings. The fourth-order valence-corrected chi connectivity index (χ4v) is 2.40. The zero-order chi connectivity index (χ0) is 18.7. The molecular formula is C18H20BrNO4S. The predicted molar refractivity (Wildman–Crippen MR) is 102 cm³/mol. The summed E-state index contributed by atoms with van der Waals surface area (Å²) in [7, 11) is -2.63. The molecule has 0 amide bonds. The van der Waals surface area contributed by atoms with E-state index in [2.05, 4.69) is 34.1 Å². The highest BCUT2D eigenvalue weighted by Gasteiger charge is 2.10. The van der Waals surface area contributed by atoms with Gasteiger partial charge in [0.15, 0.2) is 5.78 Å². The van der Waals surface area contributed by atoms with E-state index in [1.807, 2.05) is 30.3 Å². The Morgan fingerprint density at radius 2 is 1.76 bits per heavy atom. The number of alkyl halides is 1. The van der Waals surface area contributed by atoms with Crippen molar-refractivity contribution in [1.82, 2.24) is 0 Å². The summed E-state index contributed by atoms with van der Waals surface area (Å²) in [5.41, 5.74) is 1.42. The van der Waals surface area contributed by atoms with Crippen LogP contribution in [0.1, 0.15) is 36.2 Å².